The molecule has 1 aliphatic rings. The van der Waals surface area contributed by atoms with E-state index in [4.69, 9.17) is 10.5 Å². The molecule has 0 aromatic carbocycles. The van der Waals surface area contributed by atoms with Gasteiger partial charge in [0.25, 0.3) is 0 Å². The van der Waals surface area contributed by atoms with Crippen molar-refractivity contribution in [1.82, 2.24) is 9.78 Å². The zero-order valence-electron chi connectivity index (χ0n) is 10.2. The van der Waals surface area contributed by atoms with Gasteiger partial charge in [-0.3, -0.25) is 14.8 Å². The third kappa shape index (κ3) is 2.56. The normalized spacial score (nSPS) is 32.0. The SMILES string of the molecule is Cn1ncc([N+](=O)[O-])c1C1CC[C@@H](N)[C@H](F)C(F)O1. The van der Waals surface area contributed by atoms with E-state index in [1.807, 2.05) is 0 Å². The Bertz CT molecular complexity index is 481. The first-order valence-electron chi connectivity index (χ1n) is 5.77. The predicted octanol–water partition coefficient (Wildman–Crippen LogP) is 1.14. The van der Waals surface area contributed by atoms with Gasteiger partial charge in [-0.25, -0.2) is 8.78 Å². The zero-order chi connectivity index (χ0) is 14.2. The molecule has 9 heteroatoms. The molecule has 1 aromatic rings. The fraction of sp³-hybridized carbons (Fsp3) is 0.700. The molecular weight excluding hydrogens is 262 g/mol. The monoisotopic (exact) mass is 276 g/mol. The van der Waals surface area contributed by atoms with Crippen LogP contribution in [0.3, 0.4) is 0 Å². The lowest BCUT2D eigenvalue weighted by atomic mass is 10.0. The molecule has 19 heavy (non-hydrogen) atoms. The molecule has 0 saturated carbocycles. The van der Waals surface area contributed by atoms with Crippen molar-refractivity contribution in [2.45, 2.75) is 37.5 Å². The summed E-state index contributed by atoms with van der Waals surface area (Å²) in [5.41, 5.74) is 5.32. The summed E-state index contributed by atoms with van der Waals surface area (Å²) in [5.74, 6) is 0. The maximum atomic E-state index is 13.5. The van der Waals surface area contributed by atoms with E-state index in [1.165, 1.54) is 11.7 Å². The van der Waals surface area contributed by atoms with Crippen molar-refractivity contribution in [2.75, 3.05) is 0 Å². The lowest BCUT2D eigenvalue weighted by Gasteiger charge is -2.18. The molecule has 1 aliphatic heterocycles. The fourth-order valence-electron chi connectivity index (χ4n) is 2.15. The number of hydrogen-bond acceptors (Lipinski definition) is 5. The summed E-state index contributed by atoms with van der Waals surface area (Å²) < 4.78 is 33.1. The van der Waals surface area contributed by atoms with E-state index in [9.17, 15) is 18.9 Å². The molecule has 0 amide bonds. The number of rotatable bonds is 2. The second-order valence-corrected chi connectivity index (χ2v) is 4.46. The second kappa shape index (κ2) is 5.17. The first-order chi connectivity index (χ1) is 8.91. The fourth-order valence-corrected chi connectivity index (χ4v) is 2.15. The van der Waals surface area contributed by atoms with Crippen LogP contribution in [0.25, 0.3) is 0 Å². The topological polar surface area (TPSA) is 96.2 Å². The minimum absolute atomic E-state index is 0.119. The summed E-state index contributed by atoms with van der Waals surface area (Å²) in [5, 5.41) is 14.6. The van der Waals surface area contributed by atoms with E-state index >= 15 is 0 Å². The van der Waals surface area contributed by atoms with Gasteiger partial charge in [0.05, 0.1) is 4.92 Å². The maximum absolute atomic E-state index is 13.5. The van der Waals surface area contributed by atoms with Crippen LogP contribution < -0.4 is 5.73 Å². The summed E-state index contributed by atoms with van der Waals surface area (Å²) in [7, 11) is 1.48. The molecule has 2 heterocycles. The van der Waals surface area contributed by atoms with Crippen LogP contribution in [0.15, 0.2) is 6.20 Å². The van der Waals surface area contributed by atoms with Crippen molar-refractivity contribution in [1.29, 1.82) is 0 Å². The second-order valence-electron chi connectivity index (χ2n) is 4.46. The Labute approximate surface area is 107 Å². The minimum Gasteiger partial charge on any atom is -0.336 e. The first-order valence-corrected chi connectivity index (χ1v) is 5.77. The van der Waals surface area contributed by atoms with Crippen LogP contribution in [-0.2, 0) is 11.8 Å². The number of nitrogens with zero attached hydrogens (tertiary/aromatic N) is 3. The number of nitrogens with two attached hydrogens (primary N) is 1. The Morgan fingerprint density at radius 1 is 1.58 bits per heavy atom. The van der Waals surface area contributed by atoms with Crippen molar-refractivity contribution >= 4 is 5.69 Å². The van der Waals surface area contributed by atoms with Gasteiger partial charge in [0.1, 0.15) is 18.0 Å². The molecule has 1 fully saturated rings. The van der Waals surface area contributed by atoms with Crippen LogP contribution in [-0.4, -0.2) is 33.3 Å². The molecule has 106 valence electrons. The van der Waals surface area contributed by atoms with E-state index in [0.717, 1.165) is 6.20 Å². The van der Waals surface area contributed by atoms with Gasteiger partial charge < -0.3 is 10.5 Å². The highest BCUT2D eigenvalue weighted by molar-refractivity contribution is 5.34. The van der Waals surface area contributed by atoms with Crippen LogP contribution in [0.5, 0.6) is 0 Å². The number of halogens is 2. The average Bonchev–Trinajstić information content (AvgIpc) is 2.69. The minimum atomic E-state index is -2.20. The van der Waals surface area contributed by atoms with E-state index in [1.54, 1.807) is 0 Å². The van der Waals surface area contributed by atoms with Crippen LogP contribution >= 0.6 is 0 Å². The quantitative estimate of drug-likeness (QED) is 0.645. The summed E-state index contributed by atoms with van der Waals surface area (Å²) in [6.45, 7) is 0. The first kappa shape index (κ1) is 13.8. The molecule has 0 radical (unpaired) electrons. The van der Waals surface area contributed by atoms with Gasteiger partial charge in [0, 0.05) is 13.1 Å². The van der Waals surface area contributed by atoms with Gasteiger partial charge in [-0.15, -0.1) is 0 Å². The summed E-state index contributed by atoms with van der Waals surface area (Å²) in [6, 6.07) is -0.979. The van der Waals surface area contributed by atoms with Crippen molar-refractivity contribution in [2.24, 2.45) is 12.8 Å². The van der Waals surface area contributed by atoms with Gasteiger partial charge in [-0.05, 0) is 12.8 Å². The van der Waals surface area contributed by atoms with E-state index in [0.29, 0.717) is 0 Å². The van der Waals surface area contributed by atoms with Gasteiger partial charge >= 0.3 is 5.69 Å². The Morgan fingerprint density at radius 3 is 2.89 bits per heavy atom. The third-order valence-electron chi connectivity index (χ3n) is 3.18. The number of hydrogen-bond donors (Lipinski definition) is 1. The van der Waals surface area contributed by atoms with E-state index < -0.39 is 29.6 Å². The van der Waals surface area contributed by atoms with Crippen molar-refractivity contribution < 1.29 is 18.4 Å². The molecule has 2 N–H and O–H groups in total. The lowest BCUT2D eigenvalue weighted by Crippen LogP contribution is -2.37. The number of nitro groups is 1. The van der Waals surface area contributed by atoms with Gasteiger partial charge in [-0.2, -0.15) is 5.10 Å². The molecule has 7 nitrogen and oxygen atoms in total. The van der Waals surface area contributed by atoms with Gasteiger partial charge in [-0.1, -0.05) is 0 Å². The molecule has 2 rings (SSSR count). The molecule has 1 aromatic heterocycles. The highest BCUT2D eigenvalue weighted by atomic mass is 19.2. The molecule has 0 spiro atoms. The molecular formula is C10H14F2N4O3. The molecule has 0 bridgehead atoms. The number of aromatic nitrogens is 2. The summed E-state index contributed by atoms with van der Waals surface area (Å²) >= 11 is 0. The third-order valence-corrected chi connectivity index (χ3v) is 3.18. The van der Waals surface area contributed by atoms with Crippen LogP contribution in [0.2, 0.25) is 0 Å². The van der Waals surface area contributed by atoms with Crippen molar-refractivity contribution in [3.8, 4) is 0 Å². The standard InChI is InChI=1S/C10H14F2N4O3/c1-15-9(6(4-14-15)16(17)18)7-3-2-5(13)8(11)10(12)19-7/h4-5,7-8,10H,2-3,13H2,1H3/t5-,7?,8+,10?/m1/s1. The predicted molar refractivity (Wildman–Crippen MR) is 60.7 cm³/mol. The van der Waals surface area contributed by atoms with Crippen LogP contribution in [0.4, 0.5) is 14.5 Å². The summed E-state index contributed by atoms with van der Waals surface area (Å²) in [4.78, 5) is 10.2. The average molecular weight is 276 g/mol. The molecule has 4 atom stereocenters. The van der Waals surface area contributed by atoms with Gasteiger partial charge in [0.2, 0.25) is 6.36 Å². The highest BCUT2D eigenvalue weighted by Gasteiger charge is 2.38. The molecule has 0 aliphatic carbocycles. The largest absolute Gasteiger partial charge is 0.336 e. The number of alkyl halides is 2. The summed E-state index contributed by atoms with van der Waals surface area (Å²) in [6.07, 6.45) is -3.63. The maximum Gasteiger partial charge on any atom is 0.312 e. The van der Waals surface area contributed by atoms with Crippen molar-refractivity contribution in [3.63, 3.8) is 0 Å². The Balaban J connectivity index is 2.31. The molecule has 2 unspecified atom stereocenters. The lowest BCUT2D eigenvalue weighted by molar-refractivity contribution is -0.386. The number of aryl methyl sites for hydroxylation is 1. The van der Waals surface area contributed by atoms with E-state index in [2.05, 4.69) is 5.10 Å². The van der Waals surface area contributed by atoms with Crippen LogP contribution in [0.1, 0.15) is 24.6 Å². The van der Waals surface area contributed by atoms with Crippen LogP contribution in [0, 0.1) is 10.1 Å². The number of ether oxygens (including phenoxy) is 1. The van der Waals surface area contributed by atoms with Crippen molar-refractivity contribution in [3.05, 3.63) is 22.0 Å². The Hall–Kier alpha value is -1.61. The Morgan fingerprint density at radius 2 is 2.26 bits per heavy atom. The Kier molecular flexibility index (Phi) is 3.76. The molecule has 1 saturated heterocycles. The highest BCUT2D eigenvalue weighted by Crippen LogP contribution is 2.35. The van der Waals surface area contributed by atoms with E-state index in [-0.39, 0.29) is 24.2 Å². The smallest absolute Gasteiger partial charge is 0.312 e. The van der Waals surface area contributed by atoms with Gasteiger partial charge in [0.15, 0.2) is 6.17 Å². The zero-order valence-corrected chi connectivity index (χ0v) is 10.2.